The molecule has 1 amide bonds. The maximum atomic E-state index is 10.8. The number of aliphatic hydroxyl groups excluding tert-OH is 1. The lowest BCUT2D eigenvalue weighted by atomic mass is 10.0. The van der Waals surface area contributed by atoms with Crippen molar-refractivity contribution in [3.05, 3.63) is 42.0 Å². The topological polar surface area (TPSA) is 81.9 Å². The van der Waals surface area contributed by atoms with Crippen LogP contribution in [0.15, 0.2) is 41.5 Å². The van der Waals surface area contributed by atoms with Crippen LogP contribution in [0, 0.1) is 0 Å². The highest BCUT2D eigenvalue weighted by molar-refractivity contribution is 6.02. The fourth-order valence-corrected chi connectivity index (χ4v) is 1.62. The maximum Gasteiger partial charge on any atom is 0.265 e. The van der Waals surface area contributed by atoms with Crippen molar-refractivity contribution in [3.8, 4) is 5.75 Å². The maximum absolute atomic E-state index is 10.8. The van der Waals surface area contributed by atoms with Crippen molar-refractivity contribution in [1.29, 1.82) is 0 Å². The summed E-state index contributed by atoms with van der Waals surface area (Å²) in [5.41, 5.74) is 2.66. The van der Waals surface area contributed by atoms with Crippen LogP contribution in [0.4, 0.5) is 0 Å². The number of aromatic hydroxyl groups is 1. The lowest BCUT2D eigenvalue weighted by Crippen LogP contribution is -2.20. The van der Waals surface area contributed by atoms with Crippen LogP contribution in [0.25, 0.3) is 10.8 Å². The van der Waals surface area contributed by atoms with Gasteiger partial charge in [-0.15, -0.1) is 0 Å². The average Bonchev–Trinajstić information content (AvgIpc) is 2.41. The number of amides is 1. The molecule has 18 heavy (non-hydrogen) atoms. The van der Waals surface area contributed by atoms with E-state index in [1.54, 1.807) is 12.1 Å². The number of aliphatic hydroxyl groups is 1. The van der Waals surface area contributed by atoms with Crippen molar-refractivity contribution in [1.82, 2.24) is 5.43 Å². The molecule has 92 valence electrons. The van der Waals surface area contributed by atoms with Crippen LogP contribution in [-0.2, 0) is 4.79 Å². The molecule has 0 saturated heterocycles. The predicted octanol–water partition coefficient (Wildman–Crippen LogP) is 0.988. The molecule has 0 atom stereocenters. The Morgan fingerprint density at radius 1 is 1.28 bits per heavy atom. The van der Waals surface area contributed by atoms with E-state index in [9.17, 15) is 9.90 Å². The standard InChI is InChI=1S/C13H12N2O3/c16-8-13(18)15-14-7-11-10-4-2-1-3-9(10)5-6-12(11)17/h1-7,16-17H,8H2,(H,15,18). The van der Waals surface area contributed by atoms with E-state index in [2.05, 4.69) is 10.5 Å². The highest BCUT2D eigenvalue weighted by Crippen LogP contribution is 2.25. The van der Waals surface area contributed by atoms with E-state index >= 15 is 0 Å². The molecule has 2 aromatic carbocycles. The summed E-state index contributed by atoms with van der Waals surface area (Å²) in [7, 11) is 0. The number of hydrogen-bond donors (Lipinski definition) is 3. The molecule has 5 heteroatoms. The Morgan fingerprint density at radius 2 is 2.06 bits per heavy atom. The van der Waals surface area contributed by atoms with Crippen LogP contribution >= 0.6 is 0 Å². The van der Waals surface area contributed by atoms with Crippen molar-refractivity contribution in [2.45, 2.75) is 0 Å². The highest BCUT2D eigenvalue weighted by Gasteiger charge is 2.04. The van der Waals surface area contributed by atoms with Crippen LogP contribution < -0.4 is 5.43 Å². The van der Waals surface area contributed by atoms with Gasteiger partial charge < -0.3 is 10.2 Å². The molecule has 0 aliphatic rings. The van der Waals surface area contributed by atoms with Crippen LogP contribution in [0.2, 0.25) is 0 Å². The van der Waals surface area contributed by atoms with Crippen molar-refractivity contribution in [3.63, 3.8) is 0 Å². The van der Waals surface area contributed by atoms with E-state index in [1.165, 1.54) is 6.21 Å². The van der Waals surface area contributed by atoms with Gasteiger partial charge >= 0.3 is 0 Å². The quantitative estimate of drug-likeness (QED) is 0.556. The molecule has 0 spiro atoms. The molecule has 0 saturated carbocycles. The van der Waals surface area contributed by atoms with Crippen LogP contribution in [0.3, 0.4) is 0 Å². The first kappa shape index (κ1) is 12.1. The van der Waals surface area contributed by atoms with Gasteiger partial charge in [0.25, 0.3) is 5.91 Å². The fraction of sp³-hybridized carbons (Fsp3) is 0.0769. The van der Waals surface area contributed by atoms with E-state index in [0.29, 0.717) is 5.56 Å². The minimum atomic E-state index is -0.626. The number of hydrazone groups is 1. The molecule has 2 aromatic rings. The van der Waals surface area contributed by atoms with E-state index in [-0.39, 0.29) is 5.75 Å². The molecule has 0 unspecified atom stereocenters. The van der Waals surface area contributed by atoms with Gasteiger partial charge in [0.2, 0.25) is 0 Å². The summed E-state index contributed by atoms with van der Waals surface area (Å²) < 4.78 is 0. The van der Waals surface area contributed by atoms with E-state index < -0.39 is 12.5 Å². The summed E-state index contributed by atoms with van der Waals surface area (Å²) in [6, 6.07) is 10.9. The number of carbonyl (C=O) groups is 1. The zero-order valence-corrected chi connectivity index (χ0v) is 9.50. The average molecular weight is 244 g/mol. The number of carbonyl (C=O) groups excluding carboxylic acids is 1. The summed E-state index contributed by atoms with van der Waals surface area (Å²) in [6.07, 6.45) is 1.35. The first-order valence-electron chi connectivity index (χ1n) is 5.36. The number of phenolic OH excluding ortho intramolecular Hbond substituents is 1. The van der Waals surface area contributed by atoms with Crippen molar-refractivity contribution in [2.24, 2.45) is 5.10 Å². The Morgan fingerprint density at radius 3 is 2.83 bits per heavy atom. The molecule has 0 heterocycles. The number of rotatable bonds is 3. The number of hydrogen-bond acceptors (Lipinski definition) is 4. The fourth-order valence-electron chi connectivity index (χ4n) is 1.62. The molecule has 2 rings (SSSR count). The van der Waals surface area contributed by atoms with Gasteiger partial charge in [-0.3, -0.25) is 4.79 Å². The summed E-state index contributed by atoms with van der Waals surface area (Å²) in [5.74, 6) is -0.526. The van der Waals surface area contributed by atoms with Gasteiger partial charge in [0.05, 0.1) is 6.21 Å². The second-order valence-electron chi connectivity index (χ2n) is 3.67. The van der Waals surface area contributed by atoms with Crippen molar-refractivity contribution in [2.75, 3.05) is 6.61 Å². The molecule has 5 nitrogen and oxygen atoms in total. The van der Waals surface area contributed by atoms with Gasteiger partial charge in [-0.1, -0.05) is 30.3 Å². The molecule has 0 bridgehead atoms. The van der Waals surface area contributed by atoms with Gasteiger partial charge in [-0.05, 0) is 16.8 Å². The second-order valence-corrected chi connectivity index (χ2v) is 3.67. The zero-order chi connectivity index (χ0) is 13.0. The molecular weight excluding hydrogens is 232 g/mol. The van der Waals surface area contributed by atoms with Crippen LogP contribution in [-0.4, -0.2) is 28.9 Å². The highest BCUT2D eigenvalue weighted by atomic mass is 16.3. The van der Waals surface area contributed by atoms with Gasteiger partial charge in [-0.25, -0.2) is 5.43 Å². The van der Waals surface area contributed by atoms with Gasteiger partial charge in [0.1, 0.15) is 12.4 Å². The van der Waals surface area contributed by atoms with Gasteiger partial charge in [-0.2, -0.15) is 5.10 Å². The monoisotopic (exact) mass is 244 g/mol. The SMILES string of the molecule is O=C(CO)NN=Cc1c(O)ccc2ccccc12. The number of benzene rings is 2. The number of nitrogens with one attached hydrogen (secondary N) is 1. The van der Waals surface area contributed by atoms with Gasteiger partial charge in [0.15, 0.2) is 0 Å². The first-order valence-corrected chi connectivity index (χ1v) is 5.36. The minimum Gasteiger partial charge on any atom is -0.507 e. The second kappa shape index (κ2) is 5.29. The molecular formula is C13H12N2O3. The Labute approximate surface area is 103 Å². The summed E-state index contributed by atoms with van der Waals surface area (Å²) in [4.78, 5) is 10.8. The largest absolute Gasteiger partial charge is 0.507 e. The Kier molecular flexibility index (Phi) is 3.54. The van der Waals surface area contributed by atoms with Crippen LogP contribution in [0.1, 0.15) is 5.56 Å². The summed E-state index contributed by atoms with van der Waals surface area (Å²) in [6.45, 7) is -0.626. The molecule has 3 N–H and O–H groups in total. The lowest BCUT2D eigenvalue weighted by Gasteiger charge is -2.04. The minimum absolute atomic E-state index is 0.0793. The number of fused-ring (bicyclic) bond motifs is 1. The van der Waals surface area contributed by atoms with Crippen LogP contribution in [0.5, 0.6) is 5.75 Å². The molecule has 0 radical (unpaired) electrons. The molecule has 0 aliphatic carbocycles. The molecule has 0 aromatic heterocycles. The normalized spacial score (nSPS) is 10.9. The van der Waals surface area contributed by atoms with E-state index in [1.807, 2.05) is 24.3 Å². The smallest absolute Gasteiger partial charge is 0.265 e. The zero-order valence-electron chi connectivity index (χ0n) is 9.50. The Hall–Kier alpha value is -2.40. The first-order chi connectivity index (χ1) is 8.72. The van der Waals surface area contributed by atoms with E-state index in [4.69, 9.17) is 5.11 Å². The van der Waals surface area contributed by atoms with E-state index in [0.717, 1.165) is 10.8 Å². The summed E-state index contributed by atoms with van der Waals surface area (Å²) in [5, 5.41) is 23.8. The number of phenols is 1. The van der Waals surface area contributed by atoms with Crippen molar-refractivity contribution >= 4 is 22.9 Å². The van der Waals surface area contributed by atoms with Crippen molar-refractivity contribution < 1.29 is 15.0 Å². The predicted molar refractivity (Wildman–Crippen MR) is 68.4 cm³/mol. The third-order valence-corrected chi connectivity index (χ3v) is 2.47. The third kappa shape index (κ3) is 2.46. The Balaban J connectivity index is 2.37. The number of nitrogens with zero attached hydrogens (tertiary/aromatic N) is 1. The molecule has 0 fully saturated rings. The van der Waals surface area contributed by atoms with Gasteiger partial charge in [0, 0.05) is 5.56 Å². The third-order valence-electron chi connectivity index (χ3n) is 2.47. The summed E-state index contributed by atoms with van der Waals surface area (Å²) >= 11 is 0. The lowest BCUT2D eigenvalue weighted by molar-refractivity contribution is -0.123. The Bertz CT molecular complexity index is 608. The molecule has 0 aliphatic heterocycles.